The van der Waals surface area contributed by atoms with Crippen LogP contribution in [0, 0.1) is 0 Å². The summed E-state index contributed by atoms with van der Waals surface area (Å²) in [4.78, 5) is 10.5. The van der Waals surface area contributed by atoms with Crippen LogP contribution in [0.15, 0.2) is 59.4 Å². The van der Waals surface area contributed by atoms with E-state index in [0.29, 0.717) is 31.2 Å². The van der Waals surface area contributed by atoms with Crippen molar-refractivity contribution in [1.82, 2.24) is 15.1 Å². The van der Waals surface area contributed by atoms with Crippen LogP contribution in [-0.2, 0) is 6.54 Å². The van der Waals surface area contributed by atoms with E-state index in [1.807, 2.05) is 54.3 Å². The lowest BCUT2D eigenvalue weighted by molar-refractivity contribution is 0.174. The average molecular weight is 324 g/mol. The fourth-order valence-corrected chi connectivity index (χ4v) is 2.38. The van der Waals surface area contributed by atoms with Crippen LogP contribution in [0.25, 0.3) is 11.4 Å². The molecule has 0 aliphatic carbocycles. The predicted molar refractivity (Wildman–Crippen MR) is 91.3 cm³/mol. The second-order valence-corrected chi connectivity index (χ2v) is 5.53. The number of nitrogens with zero attached hydrogens (tertiary/aromatic N) is 4. The molecule has 3 rings (SSSR count). The lowest BCUT2D eigenvalue weighted by Crippen LogP contribution is -2.31. The maximum absolute atomic E-state index is 10.0. The summed E-state index contributed by atoms with van der Waals surface area (Å²) in [6.45, 7) is 2.90. The fourth-order valence-electron chi connectivity index (χ4n) is 2.38. The van der Waals surface area contributed by atoms with Gasteiger partial charge in [0.1, 0.15) is 0 Å². The molecule has 0 spiro atoms. The molecule has 0 aliphatic rings. The third kappa shape index (κ3) is 3.97. The molecule has 1 atom stereocenters. The van der Waals surface area contributed by atoms with E-state index in [2.05, 4.69) is 15.1 Å². The Labute approximate surface area is 140 Å². The highest BCUT2D eigenvalue weighted by Gasteiger charge is 2.16. The van der Waals surface area contributed by atoms with Gasteiger partial charge in [0, 0.05) is 30.2 Å². The van der Waals surface area contributed by atoms with Gasteiger partial charge in [-0.15, -0.1) is 0 Å². The highest BCUT2D eigenvalue weighted by atomic mass is 16.5. The Morgan fingerprint density at radius 2 is 2.00 bits per heavy atom. The van der Waals surface area contributed by atoms with Gasteiger partial charge in [-0.3, -0.25) is 4.98 Å². The molecule has 0 aliphatic heterocycles. The first-order chi connectivity index (χ1) is 11.8. The van der Waals surface area contributed by atoms with Crippen LogP contribution >= 0.6 is 0 Å². The molecule has 0 amide bonds. The van der Waals surface area contributed by atoms with Crippen LogP contribution in [0.2, 0.25) is 0 Å². The molecule has 0 saturated heterocycles. The first kappa shape index (κ1) is 16.1. The van der Waals surface area contributed by atoms with Crippen molar-refractivity contribution in [3.05, 3.63) is 60.7 Å². The summed E-state index contributed by atoms with van der Waals surface area (Å²) in [5.74, 6) is 1.02. The zero-order chi connectivity index (χ0) is 16.8. The number of rotatable bonds is 7. The van der Waals surface area contributed by atoms with Gasteiger partial charge in [-0.05, 0) is 30.7 Å². The number of anilines is 1. The maximum Gasteiger partial charge on any atom is 0.246 e. The van der Waals surface area contributed by atoms with E-state index >= 15 is 0 Å². The van der Waals surface area contributed by atoms with Crippen molar-refractivity contribution in [2.75, 3.05) is 11.4 Å². The molecule has 2 aromatic heterocycles. The summed E-state index contributed by atoms with van der Waals surface area (Å²) in [5.41, 5.74) is 1.82. The Hall–Kier alpha value is -2.73. The zero-order valence-corrected chi connectivity index (χ0v) is 13.5. The Morgan fingerprint density at radius 1 is 1.17 bits per heavy atom. The molecule has 24 heavy (non-hydrogen) atoms. The number of benzene rings is 1. The summed E-state index contributed by atoms with van der Waals surface area (Å²) in [7, 11) is 0. The van der Waals surface area contributed by atoms with Gasteiger partial charge in [-0.25, -0.2) is 0 Å². The Kier molecular flexibility index (Phi) is 5.18. The standard InChI is InChI=1S/C18H20N4O2/c1-2-16(23)12-22(15-8-4-3-5-9-15)13-17-20-18(21-24-17)14-7-6-10-19-11-14/h3-11,16,23H,2,12-13H2,1H3. The summed E-state index contributed by atoms with van der Waals surface area (Å²) in [6.07, 6.45) is 3.68. The molecule has 0 radical (unpaired) electrons. The molecular weight excluding hydrogens is 304 g/mol. The normalized spacial score (nSPS) is 12.1. The highest BCUT2D eigenvalue weighted by Crippen LogP contribution is 2.19. The second kappa shape index (κ2) is 7.70. The van der Waals surface area contributed by atoms with Crippen molar-refractivity contribution >= 4 is 5.69 Å². The first-order valence-electron chi connectivity index (χ1n) is 7.97. The van der Waals surface area contributed by atoms with Crippen LogP contribution in [0.1, 0.15) is 19.2 Å². The van der Waals surface area contributed by atoms with Gasteiger partial charge in [0.15, 0.2) is 0 Å². The van der Waals surface area contributed by atoms with E-state index in [4.69, 9.17) is 4.52 Å². The molecule has 1 N–H and O–H groups in total. The van der Waals surface area contributed by atoms with Crippen molar-refractivity contribution in [3.8, 4) is 11.4 Å². The topological polar surface area (TPSA) is 75.3 Å². The number of para-hydroxylation sites is 1. The van der Waals surface area contributed by atoms with Crippen molar-refractivity contribution < 1.29 is 9.63 Å². The quantitative estimate of drug-likeness (QED) is 0.720. The van der Waals surface area contributed by atoms with Crippen LogP contribution in [0.3, 0.4) is 0 Å². The lowest BCUT2D eigenvalue weighted by Gasteiger charge is -2.25. The molecule has 6 nitrogen and oxygen atoms in total. The van der Waals surface area contributed by atoms with Gasteiger partial charge in [0.2, 0.25) is 11.7 Å². The Morgan fingerprint density at radius 3 is 2.71 bits per heavy atom. The van der Waals surface area contributed by atoms with Gasteiger partial charge in [-0.2, -0.15) is 4.98 Å². The minimum Gasteiger partial charge on any atom is -0.391 e. The Balaban J connectivity index is 1.79. The monoisotopic (exact) mass is 324 g/mol. The minimum atomic E-state index is -0.411. The number of pyridine rings is 1. The van der Waals surface area contributed by atoms with Crippen LogP contribution in [0.5, 0.6) is 0 Å². The molecule has 0 bridgehead atoms. The third-order valence-corrected chi connectivity index (χ3v) is 3.74. The maximum atomic E-state index is 10.0. The van der Waals surface area contributed by atoms with E-state index in [1.54, 1.807) is 12.4 Å². The molecule has 1 aromatic carbocycles. The van der Waals surface area contributed by atoms with E-state index in [9.17, 15) is 5.11 Å². The predicted octanol–water partition coefficient (Wildman–Crippen LogP) is 2.91. The van der Waals surface area contributed by atoms with Crippen molar-refractivity contribution in [1.29, 1.82) is 0 Å². The minimum absolute atomic E-state index is 0.411. The Bertz CT molecular complexity index is 746. The smallest absolute Gasteiger partial charge is 0.246 e. The van der Waals surface area contributed by atoms with E-state index < -0.39 is 6.10 Å². The zero-order valence-electron chi connectivity index (χ0n) is 13.5. The van der Waals surface area contributed by atoms with Gasteiger partial charge < -0.3 is 14.5 Å². The van der Waals surface area contributed by atoms with Crippen molar-refractivity contribution in [2.45, 2.75) is 26.0 Å². The van der Waals surface area contributed by atoms with Crippen molar-refractivity contribution in [2.24, 2.45) is 0 Å². The summed E-state index contributed by atoms with van der Waals surface area (Å²) in [5, 5.41) is 14.1. The van der Waals surface area contributed by atoms with Crippen LogP contribution in [0.4, 0.5) is 5.69 Å². The number of aliphatic hydroxyl groups excluding tert-OH is 1. The molecule has 0 fully saturated rings. The number of hydrogen-bond donors (Lipinski definition) is 1. The average Bonchev–Trinajstić information content (AvgIpc) is 3.11. The number of hydrogen-bond acceptors (Lipinski definition) is 6. The van der Waals surface area contributed by atoms with E-state index in [-0.39, 0.29) is 0 Å². The fraction of sp³-hybridized carbons (Fsp3) is 0.278. The molecule has 0 saturated carbocycles. The largest absolute Gasteiger partial charge is 0.391 e. The molecular formula is C18H20N4O2. The molecule has 3 aromatic rings. The van der Waals surface area contributed by atoms with Gasteiger partial charge in [0.25, 0.3) is 0 Å². The molecule has 6 heteroatoms. The van der Waals surface area contributed by atoms with E-state index in [1.165, 1.54) is 0 Å². The molecule has 124 valence electrons. The summed E-state index contributed by atoms with van der Waals surface area (Å²) < 4.78 is 5.37. The second-order valence-electron chi connectivity index (χ2n) is 5.53. The van der Waals surface area contributed by atoms with Gasteiger partial charge in [-0.1, -0.05) is 30.3 Å². The van der Waals surface area contributed by atoms with Crippen molar-refractivity contribution in [3.63, 3.8) is 0 Å². The molecule has 1 unspecified atom stereocenters. The first-order valence-corrected chi connectivity index (χ1v) is 7.97. The summed E-state index contributed by atoms with van der Waals surface area (Å²) >= 11 is 0. The number of aromatic nitrogens is 3. The van der Waals surface area contributed by atoms with Crippen LogP contribution < -0.4 is 4.90 Å². The SMILES string of the molecule is CCC(O)CN(Cc1nc(-c2cccnc2)no1)c1ccccc1. The molecule has 2 heterocycles. The summed E-state index contributed by atoms with van der Waals surface area (Å²) in [6, 6.07) is 13.6. The van der Waals surface area contributed by atoms with Gasteiger partial charge in [0.05, 0.1) is 12.6 Å². The van der Waals surface area contributed by atoms with Gasteiger partial charge >= 0.3 is 0 Å². The highest BCUT2D eigenvalue weighted by molar-refractivity contribution is 5.52. The third-order valence-electron chi connectivity index (χ3n) is 3.74. The number of aliphatic hydroxyl groups is 1. The van der Waals surface area contributed by atoms with Crippen LogP contribution in [-0.4, -0.2) is 32.9 Å². The lowest BCUT2D eigenvalue weighted by atomic mass is 10.2. The van der Waals surface area contributed by atoms with E-state index in [0.717, 1.165) is 11.3 Å².